The van der Waals surface area contributed by atoms with Crippen LogP contribution >= 0.6 is 0 Å². The molecule has 0 aromatic rings. The summed E-state index contributed by atoms with van der Waals surface area (Å²) in [5, 5.41) is 21.4. The van der Waals surface area contributed by atoms with Crippen LogP contribution in [0.5, 0.6) is 0 Å². The Hall–Kier alpha value is -0.280. The van der Waals surface area contributed by atoms with Gasteiger partial charge >= 0.3 is 0 Å². The van der Waals surface area contributed by atoms with E-state index in [2.05, 4.69) is 25.7 Å². The van der Waals surface area contributed by atoms with Crippen LogP contribution in [0.4, 0.5) is 0 Å². The maximum absolute atomic E-state index is 10.9. The number of hydrogen-bond acceptors (Lipinski definition) is 7. The molecule has 0 radical (unpaired) electrons. The first-order valence-corrected chi connectivity index (χ1v) is 18.5. The normalized spacial score (nSPS) is 51.3. The van der Waals surface area contributed by atoms with Crippen LogP contribution in [0.3, 0.4) is 0 Å². The van der Waals surface area contributed by atoms with Crippen LogP contribution in [0.2, 0.25) is 0 Å². The fourth-order valence-electron chi connectivity index (χ4n) is 13.5. The Morgan fingerprint density at radius 2 is 1.64 bits per heavy atom. The molecule has 12 atom stereocenters. The van der Waals surface area contributed by atoms with Crippen LogP contribution in [0.15, 0.2) is 0 Å². The lowest BCUT2D eigenvalue weighted by molar-refractivity contribution is -0.249. The van der Waals surface area contributed by atoms with E-state index in [0.717, 1.165) is 82.8 Å². The smallest absolute Gasteiger partial charge is 0.170 e. The Morgan fingerprint density at radius 3 is 2.41 bits per heavy atom. The summed E-state index contributed by atoms with van der Waals surface area (Å²) < 4.78 is 25.6. The summed E-state index contributed by atoms with van der Waals surface area (Å²) in [5.41, 5.74) is 0.398. The molecule has 2 spiro atoms. The van der Waals surface area contributed by atoms with Crippen molar-refractivity contribution >= 4 is 0 Å². The third-order valence-electron chi connectivity index (χ3n) is 15.7. The first-order valence-electron chi connectivity index (χ1n) is 18.5. The molecular weight excluding hydrogens is 554 g/mol. The molecule has 3 heterocycles. The predicted octanol–water partition coefficient (Wildman–Crippen LogP) is 5.55. The van der Waals surface area contributed by atoms with Crippen molar-refractivity contribution < 1.29 is 29.2 Å². The molecule has 8 fully saturated rings. The zero-order valence-electron chi connectivity index (χ0n) is 28.3. The molecule has 5 aliphatic carbocycles. The summed E-state index contributed by atoms with van der Waals surface area (Å²) in [6.07, 6.45) is 14.1. The van der Waals surface area contributed by atoms with Gasteiger partial charge in [-0.25, -0.2) is 0 Å². The van der Waals surface area contributed by atoms with E-state index in [-0.39, 0.29) is 30.0 Å². The number of morpholine rings is 1. The number of fused-ring (bicyclic) bond motifs is 4. The molecule has 3 saturated heterocycles. The molecular formula is C37H61NO6. The maximum atomic E-state index is 10.9. The summed E-state index contributed by atoms with van der Waals surface area (Å²) >= 11 is 0. The molecule has 2 N–H and O–H groups in total. The van der Waals surface area contributed by atoms with Crippen molar-refractivity contribution in [1.82, 2.24) is 4.90 Å². The van der Waals surface area contributed by atoms with Gasteiger partial charge in [-0.15, -0.1) is 0 Å². The lowest BCUT2D eigenvalue weighted by Gasteiger charge is -2.60. The second kappa shape index (κ2) is 10.6. The van der Waals surface area contributed by atoms with E-state index < -0.39 is 11.7 Å². The molecule has 5 saturated carbocycles. The molecule has 250 valence electrons. The Kier molecular flexibility index (Phi) is 7.48. The van der Waals surface area contributed by atoms with Gasteiger partial charge < -0.3 is 29.2 Å². The Bertz CT molecular complexity index is 1090. The third-order valence-corrected chi connectivity index (χ3v) is 15.7. The average Bonchev–Trinajstić information content (AvgIpc) is 3.58. The van der Waals surface area contributed by atoms with Crippen molar-refractivity contribution in [2.45, 2.75) is 154 Å². The Labute approximate surface area is 266 Å². The van der Waals surface area contributed by atoms with Gasteiger partial charge in [0.15, 0.2) is 6.29 Å². The highest BCUT2D eigenvalue weighted by molar-refractivity contribution is 5.29. The summed E-state index contributed by atoms with van der Waals surface area (Å²) in [5.74, 6) is 2.87. The van der Waals surface area contributed by atoms with Crippen LogP contribution in [-0.2, 0) is 18.9 Å². The van der Waals surface area contributed by atoms with Gasteiger partial charge in [0.25, 0.3) is 0 Å². The lowest BCUT2D eigenvalue weighted by Crippen LogP contribution is -2.57. The predicted molar refractivity (Wildman–Crippen MR) is 168 cm³/mol. The van der Waals surface area contributed by atoms with Gasteiger partial charge in [0, 0.05) is 32.3 Å². The molecule has 0 aromatic carbocycles. The number of nitrogens with zero attached hydrogens (tertiary/aromatic N) is 1. The van der Waals surface area contributed by atoms with Crippen molar-refractivity contribution in [3.05, 3.63) is 0 Å². The SMILES string of the molecule is CC12CCC34CC35CC[C@H](OC3CN(C6CCOCC6)CCO3)C(C)(C)C5CCC4C1CC1OC([C@H](O)C(C)(C)O)CCC12. The van der Waals surface area contributed by atoms with Crippen LogP contribution in [0, 0.1) is 45.3 Å². The van der Waals surface area contributed by atoms with E-state index >= 15 is 0 Å². The van der Waals surface area contributed by atoms with Crippen LogP contribution in [0.25, 0.3) is 0 Å². The van der Waals surface area contributed by atoms with E-state index in [1.807, 2.05) is 0 Å². The minimum atomic E-state index is -1.13. The minimum absolute atomic E-state index is 0.106. The maximum Gasteiger partial charge on any atom is 0.170 e. The average molecular weight is 616 g/mol. The van der Waals surface area contributed by atoms with Crippen molar-refractivity contribution in [2.75, 3.05) is 32.9 Å². The topological polar surface area (TPSA) is 80.6 Å². The largest absolute Gasteiger partial charge is 0.388 e. The molecule has 10 unspecified atom stereocenters. The first-order chi connectivity index (χ1) is 20.9. The Balaban J connectivity index is 0.955. The summed E-state index contributed by atoms with van der Waals surface area (Å²) in [7, 11) is 0. The van der Waals surface area contributed by atoms with Crippen molar-refractivity contribution in [3.63, 3.8) is 0 Å². The van der Waals surface area contributed by atoms with Gasteiger partial charge in [0.2, 0.25) is 0 Å². The third kappa shape index (κ3) is 4.52. The minimum Gasteiger partial charge on any atom is -0.388 e. The summed E-state index contributed by atoms with van der Waals surface area (Å²) in [6, 6.07) is 0.613. The van der Waals surface area contributed by atoms with E-state index in [1.54, 1.807) is 13.8 Å². The van der Waals surface area contributed by atoms with Gasteiger partial charge in [0.05, 0.1) is 30.5 Å². The van der Waals surface area contributed by atoms with Crippen molar-refractivity contribution in [1.29, 1.82) is 0 Å². The van der Waals surface area contributed by atoms with Crippen LogP contribution < -0.4 is 0 Å². The highest BCUT2D eigenvalue weighted by Gasteiger charge is 2.80. The monoisotopic (exact) mass is 615 g/mol. The van der Waals surface area contributed by atoms with Gasteiger partial charge in [-0.1, -0.05) is 20.8 Å². The van der Waals surface area contributed by atoms with E-state index in [9.17, 15) is 10.2 Å². The molecule has 44 heavy (non-hydrogen) atoms. The van der Waals surface area contributed by atoms with Crippen molar-refractivity contribution in [2.24, 2.45) is 45.3 Å². The number of aliphatic hydroxyl groups is 2. The summed E-state index contributed by atoms with van der Waals surface area (Å²) in [4.78, 5) is 2.62. The molecule has 0 bridgehead atoms. The highest BCUT2D eigenvalue weighted by Crippen LogP contribution is 2.87. The van der Waals surface area contributed by atoms with Gasteiger partial charge in [-0.3, -0.25) is 4.90 Å². The van der Waals surface area contributed by atoms with E-state index in [4.69, 9.17) is 18.9 Å². The Morgan fingerprint density at radius 1 is 0.864 bits per heavy atom. The van der Waals surface area contributed by atoms with Crippen LogP contribution in [0.1, 0.15) is 112 Å². The lowest BCUT2D eigenvalue weighted by atomic mass is 9.46. The second-order valence-corrected chi connectivity index (χ2v) is 18.2. The van der Waals surface area contributed by atoms with Gasteiger partial charge in [-0.2, -0.15) is 0 Å². The zero-order valence-corrected chi connectivity index (χ0v) is 28.3. The fraction of sp³-hybridized carbons (Fsp3) is 1.00. The van der Waals surface area contributed by atoms with E-state index in [0.29, 0.717) is 28.2 Å². The molecule has 0 amide bonds. The highest BCUT2D eigenvalue weighted by atomic mass is 16.7. The van der Waals surface area contributed by atoms with Crippen LogP contribution in [-0.4, -0.2) is 90.4 Å². The quantitative estimate of drug-likeness (QED) is 0.420. The molecule has 3 aliphatic heterocycles. The first kappa shape index (κ1) is 31.0. The summed E-state index contributed by atoms with van der Waals surface area (Å²) in [6.45, 7) is 15.6. The second-order valence-electron chi connectivity index (χ2n) is 18.2. The van der Waals surface area contributed by atoms with Crippen molar-refractivity contribution in [3.8, 4) is 0 Å². The molecule has 7 heteroatoms. The number of hydrogen-bond donors (Lipinski definition) is 2. The number of rotatable bonds is 5. The van der Waals surface area contributed by atoms with Gasteiger partial charge in [0.1, 0.15) is 6.10 Å². The number of ether oxygens (including phenoxy) is 4. The fourth-order valence-corrected chi connectivity index (χ4v) is 13.5. The molecule has 8 rings (SSSR count). The molecule has 8 aliphatic rings. The molecule has 0 aromatic heterocycles. The standard InChI is InChI=1S/C37H61NO6/c1-33(2)29-9-7-24-26-20-28-25(6-8-27(43-28)32(39)34(3,4)40)35(26,5)14-15-36(24)22-37(29,36)13-10-30(33)44-31-21-38(16-19-42-31)23-11-17-41-18-12-23/h23-32,39-40H,6-22H2,1-5H3/t24?,25?,26?,27?,28?,29?,30-,31?,32-,35?,36?,37?/m0/s1. The zero-order chi connectivity index (χ0) is 30.7. The van der Waals surface area contributed by atoms with E-state index in [1.165, 1.54) is 44.9 Å². The van der Waals surface area contributed by atoms with Gasteiger partial charge in [-0.05, 0) is 136 Å². The molecule has 7 nitrogen and oxygen atoms in total. The number of aliphatic hydroxyl groups excluding tert-OH is 1.